The summed E-state index contributed by atoms with van der Waals surface area (Å²) in [4.78, 5) is 4.68. The number of benzene rings is 2. The summed E-state index contributed by atoms with van der Waals surface area (Å²) >= 11 is 0. The molecule has 2 heteroatoms. The zero-order valence-electron chi connectivity index (χ0n) is 19.0. The minimum atomic E-state index is 0.622. The normalized spacial score (nSPS) is 11.4. The van der Waals surface area contributed by atoms with Crippen molar-refractivity contribution in [2.75, 3.05) is 0 Å². The molecule has 30 heavy (non-hydrogen) atoms. The van der Waals surface area contributed by atoms with Crippen molar-refractivity contribution in [1.82, 2.24) is 4.98 Å². The number of aromatic nitrogens is 2. The van der Waals surface area contributed by atoms with Gasteiger partial charge in [-0.05, 0) is 79.5 Å². The van der Waals surface area contributed by atoms with Crippen LogP contribution in [0.5, 0.6) is 0 Å². The second-order valence-corrected chi connectivity index (χ2v) is 8.97. The fraction of sp³-hybridized carbons (Fsp3) is 0.286. The highest BCUT2D eigenvalue weighted by Crippen LogP contribution is 2.32. The molecule has 2 nitrogen and oxygen atoms in total. The van der Waals surface area contributed by atoms with Crippen LogP contribution in [0.4, 0.5) is 0 Å². The summed E-state index contributed by atoms with van der Waals surface area (Å²) < 4.78 is 2.24. The lowest BCUT2D eigenvalue weighted by Gasteiger charge is -2.12. The van der Waals surface area contributed by atoms with E-state index >= 15 is 0 Å². The fourth-order valence-electron chi connectivity index (χ4n) is 4.31. The summed E-state index contributed by atoms with van der Waals surface area (Å²) in [6, 6.07) is 17.9. The topological polar surface area (TPSA) is 16.8 Å². The van der Waals surface area contributed by atoms with Crippen LogP contribution in [0.1, 0.15) is 36.2 Å². The van der Waals surface area contributed by atoms with Crippen LogP contribution in [0.3, 0.4) is 0 Å². The maximum absolute atomic E-state index is 4.68. The molecule has 4 rings (SSSR count). The third-order valence-corrected chi connectivity index (χ3v) is 5.98. The largest absolute Gasteiger partial charge is 0.261 e. The van der Waals surface area contributed by atoms with Crippen molar-refractivity contribution in [3.8, 4) is 22.4 Å². The molecule has 0 spiro atoms. The molecule has 4 aromatic rings. The summed E-state index contributed by atoms with van der Waals surface area (Å²) in [7, 11) is 2.14. The Kier molecular flexibility index (Phi) is 5.42. The van der Waals surface area contributed by atoms with E-state index in [2.05, 4.69) is 106 Å². The van der Waals surface area contributed by atoms with Gasteiger partial charge in [0.2, 0.25) is 5.69 Å². The predicted molar refractivity (Wildman–Crippen MR) is 127 cm³/mol. The van der Waals surface area contributed by atoms with Gasteiger partial charge in [0.25, 0.3) is 0 Å². The molecular weight excluding hydrogens is 364 g/mol. The van der Waals surface area contributed by atoms with Gasteiger partial charge in [0.1, 0.15) is 7.05 Å². The van der Waals surface area contributed by atoms with Crippen molar-refractivity contribution in [2.45, 2.75) is 41.0 Å². The molecular formula is C28H31N2+. The molecule has 0 unspecified atom stereocenters. The van der Waals surface area contributed by atoms with Crippen molar-refractivity contribution in [2.24, 2.45) is 13.0 Å². The SMILES string of the molecule is Cc1cc(C)c(C)c(-c2c3ccc(-c4ccc(CC(C)C)nc4)cc3cc[n+]2C)c1. The minimum absolute atomic E-state index is 0.622. The van der Waals surface area contributed by atoms with Gasteiger partial charge in [0.05, 0.1) is 10.9 Å². The highest BCUT2D eigenvalue weighted by atomic mass is 14.9. The Morgan fingerprint density at radius 1 is 0.900 bits per heavy atom. The molecule has 0 saturated carbocycles. The zero-order chi connectivity index (χ0) is 21.4. The highest BCUT2D eigenvalue weighted by molar-refractivity contribution is 5.96. The van der Waals surface area contributed by atoms with Crippen molar-refractivity contribution in [1.29, 1.82) is 0 Å². The van der Waals surface area contributed by atoms with Crippen LogP contribution >= 0.6 is 0 Å². The summed E-state index contributed by atoms with van der Waals surface area (Å²) in [5.74, 6) is 0.622. The molecule has 0 fully saturated rings. The van der Waals surface area contributed by atoms with E-state index in [0.29, 0.717) is 5.92 Å². The van der Waals surface area contributed by atoms with Gasteiger partial charge in [-0.3, -0.25) is 4.98 Å². The van der Waals surface area contributed by atoms with Crippen LogP contribution in [-0.2, 0) is 13.5 Å². The highest BCUT2D eigenvalue weighted by Gasteiger charge is 2.18. The number of pyridine rings is 2. The second kappa shape index (κ2) is 8.02. The van der Waals surface area contributed by atoms with Crippen LogP contribution < -0.4 is 4.57 Å². The first-order chi connectivity index (χ1) is 14.3. The van der Waals surface area contributed by atoms with Gasteiger partial charge in [-0.1, -0.05) is 37.6 Å². The number of rotatable bonds is 4. The number of nitrogens with zero attached hydrogens (tertiary/aromatic N) is 2. The van der Waals surface area contributed by atoms with Crippen molar-refractivity contribution < 1.29 is 4.57 Å². The smallest absolute Gasteiger partial charge is 0.220 e. The van der Waals surface area contributed by atoms with Crippen molar-refractivity contribution in [3.05, 3.63) is 83.3 Å². The van der Waals surface area contributed by atoms with E-state index in [4.69, 9.17) is 0 Å². The molecule has 0 atom stereocenters. The lowest BCUT2D eigenvalue weighted by molar-refractivity contribution is -0.659. The fourth-order valence-corrected chi connectivity index (χ4v) is 4.31. The maximum Gasteiger partial charge on any atom is 0.220 e. The van der Waals surface area contributed by atoms with E-state index in [1.807, 2.05) is 6.20 Å². The van der Waals surface area contributed by atoms with Crippen LogP contribution in [0.25, 0.3) is 33.2 Å². The van der Waals surface area contributed by atoms with E-state index < -0.39 is 0 Å². The first-order valence-electron chi connectivity index (χ1n) is 10.8. The van der Waals surface area contributed by atoms with Gasteiger partial charge < -0.3 is 0 Å². The molecule has 0 radical (unpaired) electrons. The lowest BCUT2D eigenvalue weighted by Crippen LogP contribution is -2.30. The minimum Gasteiger partial charge on any atom is -0.261 e. The Labute approximate surface area is 180 Å². The number of hydrogen-bond donors (Lipinski definition) is 0. The quantitative estimate of drug-likeness (QED) is 0.360. The van der Waals surface area contributed by atoms with E-state index in [0.717, 1.165) is 12.1 Å². The molecule has 0 saturated heterocycles. The number of aryl methyl sites for hydroxylation is 3. The molecule has 0 aliphatic carbocycles. The van der Waals surface area contributed by atoms with Gasteiger partial charge in [0, 0.05) is 23.5 Å². The zero-order valence-corrected chi connectivity index (χ0v) is 19.0. The van der Waals surface area contributed by atoms with Crippen LogP contribution in [0.15, 0.2) is 60.9 Å². The van der Waals surface area contributed by atoms with Crippen LogP contribution in [-0.4, -0.2) is 4.98 Å². The molecule has 0 bridgehead atoms. The molecule has 0 aliphatic heterocycles. The van der Waals surface area contributed by atoms with Gasteiger partial charge >= 0.3 is 0 Å². The average molecular weight is 396 g/mol. The number of hydrogen-bond acceptors (Lipinski definition) is 1. The molecule has 152 valence electrons. The van der Waals surface area contributed by atoms with E-state index in [9.17, 15) is 0 Å². The second-order valence-electron chi connectivity index (χ2n) is 8.97. The monoisotopic (exact) mass is 395 g/mol. The standard InChI is InChI=1S/C28H31N2/c1-18(2)13-25-9-7-24(17-29-25)22-8-10-26-23(16-22)11-12-30(6)28(26)27-15-19(3)14-20(4)21(27)5/h7-12,14-18H,13H2,1-6H3/q+1. The molecule has 0 amide bonds. The van der Waals surface area contributed by atoms with Crippen molar-refractivity contribution in [3.63, 3.8) is 0 Å². The third-order valence-electron chi connectivity index (χ3n) is 5.98. The lowest BCUT2D eigenvalue weighted by atomic mass is 9.93. The Morgan fingerprint density at radius 3 is 2.37 bits per heavy atom. The van der Waals surface area contributed by atoms with Gasteiger partial charge in [-0.25, -0.2) is 4.57 Å². The van der Waals surface area contributed by atoms with E-state index in [-0.39, 0.29) is 0 Å². The molecule has 0 aliphatic rings. The van der Waals surface area contributed by atoms with E-state index in [1.54, 1.807) is 0 Å². The maximum atomic E-state index is 4.68. The molecule has 2 aromatic heterocycles. The predicted octanol–water partition coefficient (Wildman–Crippen LogP) is 6.52. The van der Waals surface area contributed by atoms with Gasteiger partial charge in [-0.2, -0.15) is 0 Å². The summed E-state index contributed by atoms with van der Waals surface area (Å²) in [6.07, 6.45) is 5.20. The first kappa shape index (κ1) is 20.3. The molecule has 2 aromatic carbocycles. The third kappa shape index (κ3) is 3.87. The molecule has 2 heterocycles. The summed E-state index contributed by atoms with van der Waals surface area (Å²) in [6.45, 7) is 11.1. The van der Waals surface area contributed by atoms with Crippen LogP contribution in [0.2, 0.25) is 0 Å². The van der Waals surface area contributed by atoms with E-state index in [1.165, 1.54) is 49.8 Å². The Balaban J connectivity index is 1.82. The Bertz CT molecular complexity index is 1220. The first-order valence-corrected chi connectivity index (χ1v) is 10.8. The summed E-state index contributed by atoms with van der Waals surface area (Å²) in [5, 5.41) is 2.53. The van der Waals surface area contributed by atoms with Gasteiger partial charge in [-0.15, -0.1) is 0 Å². The average Bonchev–Trinajstić information content (AvgIpc) is 2.71. The van der Waals surface area contributed by atoms with Crippen LogP contribution in [0, 0.1) is 26.7 Å². The number of fused-ring (bicyclic) bond motifs is 1. The molecule has 0 N–H and O–H groups in total. The Hall–Kier alpha value is -3.00. The Morgan fingerprint density at radius 2 is 1.67 bits per heavy atom. The van der Waals surface area contributed by atoms with Gasteiger partial charge in [0.15, 0.2) is 6.20 Å². The van der Waals surface area contributed by atoms with Crippen molar-refractivity contribution >= 4 is 10.8 Å². The summed E-state index contributed by atoms with van der Waals surface area (Å²) in [5.41, 5.74) is 10.1.